The van der Waals surface area contributed by atoms with E-state index in [2.05, 4.69) is 52.4 Å². The van der Waals surface area contributed by atoms with Crippen LogP contribution in [0.25, 0.3) is 16.8 Å². The Kier molecular flexibility index (Phi) is 7.33. The highest BCUT2D eigenvalue weighted by atomic mass is 79.9. The fourth-order valence-electron chi connectivity index (χ4n) is 3.87. The molecule has 174 valence electrons. The van der Waals surface area contributed by atoms with Gasteiger partial charge in [-0.25, -0.2) is 0 Å². The van der Waals surface area contributed by atoms with Gasteiger partial charge in [0, 0.05) is 21.3 Å². The third-order valence-corrected chi connectivity index (χ3v) is 6.54. The first-order chi connectivity index (χ1) is 16.9. The summed E-state index contributed by atoms with van der Waals surface area (Å²) in [5.41, 5.74) is 5.73. The van der Waals surface area contributed by atoms with E-state index in [1.807, 2.05) is 68.4 Å². The Bertz CT molecular complexity index is 1500. The van der Waals surface area contributed by atoms with Crippen molar-refractivity contribution in [2.24, 2.45) is 0 Å². The number of carbonyl (C=O) groups is 1. The van der Waals surface area contributed by atoms with Crippen LogP contribution in [0.15, 0.2) is 82.8 Å². The summed E-state index contributed by atoms with van der Waals surface area (Å²) in [6, 6.07) is 25.7. The number of carbonyl (C=O) groups excluding carboxylic acids is 1. The van der Waals surface area contributed by atoms with Gasteiger partial charge in [0.25, 0.3) is 5.91 Å². The molecular formula is C30H25BrN2O2. The molecular weight excluding hydrogens is 500 g/mol. The lowest BCUT2D eigenvalue weighted by Gasteiger charge is -2.14. The lowest BCUT2D eigenvalue weighted by atomic mass is 10.0. The molecule has 4 rings (SSSR count). The summed E-state index contributed by atoms with van der Waals surface area (Å²) in [4.78, 5) is 12.9. The van der Waals surface area contributed by atoms with Crippen LogP contribution in [0, 0.1) is 32.1 Å². The predicted octanol–water partition coefficient (Wildman–Crippen LogP) is 7.65. The average Bonchev–Trinajstić information content (AvgIpc) is 2.85. The molecule has 0 spiro atoms. The maximum absolute atomic E-state index is 12.9. The molecule has 0 aliphatic rings. The van der Waals surface area contributed by atoms with Crippen molar-refractivity contribution in [3.63, 3.8) is 0 Å². The molecule has 0 atom stereocenters. The minimum atomic E-state index is -0.466. The van der Waals surface area contributed by atoms with Crippen LogP contribution in [0.5, 0.6) is 5.75 Å². The number of hydrogen-bond donors (Lipinski definition) is 1. The summed E-state index contributed by atoms with van der Waals surface area (Å²) in [5, 5.41) is 14.8. The zero-order valence-electron chi connectivity index (χ0n) is 19.9. The molecule has 0 aliphatic carbocycles. The minimum absolute atomic E-state index is 0.00693. The largest absolute Gasteiger partial charge is 0.488 e. The highest BCUT2D eigenvalue weighted by Crippen LogP contribution is 2.29. The summed E-state index contributed by atoms with van der Waals surface area (Å²) < 4.78 is 7.06. The molecule has 0 aromatic heterocycles. The summed E-state index contributed by atoms with van der Waals surface area (Å²) in [7, 11) is 0. The Morgan fingerprint density at radius 3 is 2.51 bits per heavy atom. The van der Waals surface area contributed by atoms with E-state index in [1.165, 1.54) is 0 Å². The van der Waals surface area contributed by atoms with E-state index < -0.39 is 5.91 Å². The van der Waals surface area contributed by atoms with E-state index >= 15 is 0 Å². The normalized spacial score (nSPS) is 11.2. The van der Waals surface area contributed by atoms with Crippen molar-refractivity contribution < 1.29 is 9.53 Å². The molecule has 0 heterocycles. The van der Waals surface area contributed by atoms with Gasteiger partial charge in [-0.3, -0.25) is 4.79 Å². The van der Waals surface area contributed by atoms with Crippen LogP contribution in [0.1, 0.15) is 27.8 Å². The number of anilines is 1. The van der Waals surface area contributed by atoms with Crippen molar-refractivity contribution in [1.29, 1.82) is 5.26 Å². The van der Waals surface area contributed by atoms with E-state index in [0.717, 1.165) is 37.5 Å². The number of fused-ring (bicyclic) bond motifs is 1. The Labute approximate surface area is 214 Å². The second kappa shape index (κ2) is 10.6. The summed E-state index contributed by atoms with van der Waals surface area (Å²) >= 11 is 3.49. The summed E-state index contributed by atoms with van der Waals surface area (Å²) in [6.07, 6.45) is 1.56. The molecule has 0 saturated heterocycles. The first-order valence-corrected chi connectivity index (χ1v) is 12.0. The number of nitrogens with one attached hydrogen (secondary N) is 1. The van der Waals surface area contributed by atoms with Crippen molar-refractivity contribution in [1.82, 2.24) is 0 Å². The maximum atomic E-state index is 12.9. The molecule has 0 aliphatic heterocycles. The Balaban J connectivity index is 1.61. The molecule has 0 saturated carbocycles. The van der Waals surface area contributed by atoms with Crippen molar-refractivity contribution >= 4 is 44.4 Å². The van der Waals surface area contributed by atoms with Gasteiger partial charge in [-0.05, 0) is 84.6 Å². The standard InChI is InChI=1S/C30H25BrN2O2/c1-19-9-12-26(14-21(19)3)33-30(34)24(17-32)15-23-16-25(31)11-13-29(23)35-18-28-20(2)8-10-22-6-4-5-7-27(22)28/h4-16H,18H2,1-3H3,(H,33,34)/b24-15+. The fraction of sp³-hybridized carbons (Fsp3) is 0.133. The third-order valence-electron chi connectivity index (χ3n) is 6.05. The van der Waals surface area contributed by atoms with Crippen LogP contribution < -0.4 is 10.1 Å². The van der Waals surface area contributed by atoms with Crippen molar-refractivity contribution in [2.75, 3.05) is 5.32 Å². The highest BCUT2D eigenvalue weighted by molar-refractivity contribution is 9.10. The summed E-state index contributed by atoms with van der Waals surface area (Å²) in [5.74, 6) is 0.124. The van der Waals surface area contributed by atoms with Crippen LogP contribution in [0.2, 0.25) is 0 Å². The maximum Gasteiger partial charge on any atom is 0.266 e. The van der Waals surface area contributed by atoms with Crippen LogP contribution in [0.3, 0.4) is 0 Å². The van der Waals surface area contributed by atoms with E-state index in [9.17, 15) is 10.1 Å². The van der Waals surface area contributed by atoms with Gasteiger partial charge >= 0.3 is 0 Å². The monoisotopic (exact) mass is 524 g/mol. The summed E-state index contributed by atoms with van der Waals surface area (Å²) in [6.45, 7) is 6.43. The third kappa shape index (κ3) is 5.62. The topological polar surface area (TPSA) is 62.1 Å². The smallest absolute Gasteiger partial charge is 0.266 e. The van der Waals surface area contributed by atoms with E-state index in [1.54, 1.807) is 6.08 Å². The molecule has 4 aromatic carbocycles. The number of hydrogen-bond acceptors (Lipinski definition) is 3. The number of halogens is 1. The highest BCUT2D eigenvalue weighted by Gasteiger charge is 2.13. The average molecular weight is 525 g/mol. The molecule has 0 unspecified atom stereocenters. The molecule has 5 heteroatoms. The van der Waals surface area contributed by atoms with Gasteiger partial charge in [-0.1, -0.05) is 58.4 Å². The first-order valence-electron chi connectivity index (χ1n) is 11.3. The SMILES string of the molecule is Cc1ccc(NC(=O)/C(C#N)=C/c2cc(Br)ccc2OCc2c(C)ccc3ccccc23)cc1C. The first kappa shape index (κ1) is 24.3. The lowest BCUT2D eigenvalue weighted by Crippen LogP contribution is -2.13. The Hall–Kier alpha value is -3.88. The number of amides is 1. The molecule has 4 nitrogen and oxygen atoms in total. The van der Waals surface area contributed by atoms with Crippen molar-refractivity contribution in [3.8, 4) is 11.8 Å². The predicted molar refractivity (Wildman–Crippen MR) is 145 cm³/mol. The van der Waals surface area contributed by atoms with E-state index in [0.29, 0.717) is 23.6 Å². The minimum Gasteiger partial charge on any atom is -0.488 e. The number of nitrogens with zero attached hydrogens (tertiary/aromatic N) is 1. The van der Waals surface area contributed by atoms with E-state index in [-0.39, 0.29) is 5.57 Å². The quantitative estimate of drug-likeness (QED) is 0.208. The van der Waals surface area contributed by atoms with Crippen LogP contribution >= 0.6 is 15.9 Å². The van der Waals surface area contributed by atoms with Crippen molar-refractivity contribution in [3.05, 3.63) is 111 Å². The molecule has 35 heavy (non-hydrogen) atoms. The molecule has 0 bridgehead atoms. The number of ether oxygens (including phenoxy) is 1. The molecule has 1 amide bonds. The van der Waals surface area contributed by atoms with Crippen molar-refractivity contribution in [2.45, 2.75) is 27.4 Å². The second-order valence-corrected chi connectivity index (χ2v) is 9.39. The Morgan fingerprint density at radius 1 is 0.971 bits per heavy atom. The van der Waals surface area contributed by atoms with Gasteiger partial charge in [0.1, 0.15) is 24.0 Å². The number of nitriles is 1. The van der Waals surface area contributed by atoms with Gasteiger partial charge < -0.3 is 10.1 Å². The fourth-order valence-corrected chi connectivity index (χ4v) is 4.25. The molecule has 0 fully saturated rings. The van der Waals surface area contributed by atoms with Gasteiger partial charge in [0.2, 0.25) is 0 Å². The zero-order chi connectivity index (χ0) is 24.9. The van der Waals surface area contributed by atoms with Crippen LogP contribution in [-0.4, -0.2) is 5.91 Å². The Morgan fingerprint density at radius 2 is 1.74 bits per heavy atom. The van der Waals surface area contributed by atoms with Crippen LogP contribution in [-0.2, 0) is 11.4 Å². The van der Waals surface area contributed by atoms with Gasteiger partial charge in [-0.15, -0.1) is 0 Å². The van der Waals surface area contributed by atoms with Gasteiger partial charge in [0.15, 0.2) is 0 Å². The van der Waals surface area contributed by atoms with Gasteiger partial charge in [-0.2, -0.15) is 5.26 Å². The second-order valence-electron chi connectivity index (χ2n) is 8.48. The number of aryl methyl sites for hydroxylation is 3. The van der Waals surface area contributed by atoms with Crippen LogP contribution in [0.4, 0.5) is 5.69 Å². The zero-order valence-corrected chi connectivity index (χ0v) is 21.4. The van der Waals surface area contributed by atoms with E-state index in [4.69, 9.17) is 4.74 Å². The number of benzene rings is 4. The van der Waals surface area contributed by atoms with Gasteiger partial charge in [0.05, 0.1) is 0 Å². The molecule has 0 radical (unpaired) electrons. The molecule has 4 aromatic rings. The molecule has 1 N–H and O–H groups in total. The number of rotatable bonds is 6. The lowest BCUT2D eigenvalue weighted by molar-refractivity contribution is -0.112.